The van der Waals surface area contributed by atoms with Crippen LogP contribution < -0.4 is 9.47 Å². The molecule has 0 spiro atoms. The van der Waals surface area contributed by atoms with Crippen LogP contribution in [-0.4, -0.2) is 30.0 Å². The Balaban J connectivity index is 2.83. The zero-order valence-corrected chi connectivity index (χ0v) is 10.1. The van der Waals surface area contributed by atoms with Gasteiger partial charge in [0.05, 0.1) is 13.0 Å². The van der Waals surface area contributed by atoms with E-state index in [-0.39, 0.29) is 5.75 Å². The van der Waals surface area contributed by atoms with Gasteiger partial charge in [-0.3, -0.25) is 4.79 Å². The minimum atomic E-state index is -4.75. The van der Waals surface area contributed by atoms with Crippen molar-refractivity contribution in [3.05, 3.63) is 24.3 Å². The highest BCUT2D eigenvalue weighted by molar-refractivity contribution is 5.67. The van der Waals surface area contributed by atoms with Gasteiger partial charge in [-0.2, -0.15) is 13.2 Å². The van der Waals surface area contributed by atoms with E-state index in [1.165, 1.54) is 18.2 Å². The van der Waals surface area contributed by atoms with Gasteiger partial charge in [-0.05, 0) is 19.1 Å². The predicted octanol–water partition coefficient (Wildman–Crippen LogP) is 2.87. The molecule has 0 heterocycles. The SMILES string of the molecule is CCOc1cccc(OC(CC(=O)O)C(F)(F)F)c1. The number of halogens is 3. The van der Waals surface area contributed by atoms with Crippen molar-refractivity contribution in [3.63, 3.8) is 0 Å². The average molecular weight is 278 g/mol. The second-order valence-corrected chi connectivity index (χ2v) is 3.65. The van der Waals surface area contributed by atoms with Crippen LogP contribution in [0.3, 0.4) is 0 Å². The van der Waals surface area contributed by atoms with Gasteiger partial charge in [-0.15, -0.1) is 0 Å². The molecule has 0 aliphatic heterocycles. The summed E-state index contributed by atoms with van der Waals surface area (Å²) in [5.41, 5.74) is 0. The Morgan fingerprint density at radius 2 is 2.00 bits per heavy atom. The maximum atomic E-state index is 12.6. The number of benzene rings is 1. The van der Waals surface area contributed by atoms with Crippen LogP contribution in [0.2, 0.25) is 0 Å². The van der Waals surface area contributed by atoms with Crippen molar-refractivity contribution < 1.29 is 32.5 Å². The highest BCUT2D eigenvalue weighted by atomic mass is 19.4. The summed E-state index contributed by atoms with van der Waals surface area (Å²) < 4.78 is 47.6. The first-order valence-corrected chi connectivity index (χ1v) is 5.51. The van der Waals surface area contributed by atoms with Gasteiger partial charge in [-0.25, -0.2) is 0 Å². The van der Waals surface area contributed by atoms with Gasteiger partial charge in [0.2, 0.25) is 6.10 Å². The highest BCUT2D eigenvalue weighted by Crippen LogP contribution is 2.29. The van der Waals surface area contributed by atoms with Crippen LogP contribution in [0.5, 0.6) is 11.5 Å². The van der Waals surface area contributed by atoms with Crippen LogP contribution in [0.4, 0.5) is 13.2 Å². The van der Waals surface area contributed by atoms with Gasteiger partial charge in [-0.1, -0.05) is 6.07 Å². The summed E-state index contributed by atoms with van der Waals surface area (Å²) >= 11 is 0. The summed E-state index contributed by atoms with van der Waals surface area (Å²) in [6.45, 7) is 2.09. The van der Waals surface area contributed by atoms with E-state index in [1.54, 1.807) is 13.0 Å². The number of carbonyl (C=O) groups is 1. The first-order chi connectivity index (χ1) is 8.82. The van der Waals surface area contributed by atoms with Crippen LogP contribution in [0.25, 0.3) is 0 Å². The van der Waals surface area contributed by atoms with E-state index in [0.717, 1.165) is 0 Å². The monoisotopic (exact) mass is 278 g/mol. The fraction of sp³-hybridized carbons (Fsp3) is 0.417. The zero-order valence-electron chi connectivity index (χ0n) is 10.1. The molecule has 0 aliphatic rings. The first-order valence-electron chi connectivity index (χ1n) is 5.51. The van der Waals surface area contributed by atoms with Gasteiger partial charge in [0, 0.05) is 6.07 Å². The normalized spacial score (nSPS) is 12.8. The number of hydrogen-bond donors (Lipinski definition) is 1. The molecule has 1 N–H and O–H groups in total. The van der Waals surface area contributed by atoms with Crippen molar-refractivity contribution in [2.24, 2.45) is 0 Å². The topological polar surface area (TPSA) is 55.8 Å². The third-order valence-electron chi connectivity index (χ3n) is 2.12. The molecule has 19 heavy (non-hydrogen) atoms. The van der Waals surface area contributed by atoms with Crippen LogP contribution in [0, 0.1) is 0 Å². The Morgan fingerprint density at radius 3 is 2.53 bits per heavy atom. The van der Waals surface area contributed by atoms with E-state index in [1.807, 2.05) is 0 Å². The second-order valence-electron chi connectivity index (χ2n) is 3.65. The van der Waals surface area contributed by atoms with Crippen molar-refractivity contribution >= 4 is 5.97 Å². The van der Waals surface area contributed by atoms with Gasteiger partial charge in [0.25, 0.3) is 0 Å². The van der Waals surface area contributed by atoms with E-state index >= 15 is 0 Å². The van der Waals surface area contributed by atoms with Gasteiger partial charge >= 0.3 is 12.1 Å². The molecule has 0 aliphatic carbocycles. The van der Waals surface area contributed by atoms with Crippen LogP contribution >= 0.6 is 0 Å². The summed E-state index contributed by atoms with van der Waals surface area (Å²) in [6.07, 6.45) is -8.29. The molecule has 0 amide bonds. The molecule has 1 unspecified atom stereocenters. The number of aliphatic carboxylic acids is 1. The minimum absolute atomic E-state index is 0.0884. The Bertz CT molecular complexity index is 431. The molecule has 0 fully saturated rings. The number of carboxylic acids is 1. The van der Waals surface area contributed by atoms with Crippen LogP contribution in [0.1, 0.15) is 13.3 Å². The van der Waals surface area contributed by atoms with E-state index < -0.39 is 24.7 Å². The molecule has 1 rings (SSSR count). The molecule has 0 radical (unpaired) electrons. The molecule has 1 aromatic rings. The van der Waals surface area contributed by atoms with E-state index in [0.29, 0.717) is 12.4 Å². The molecule has 7 heteroatoms. The minimum Gasteiger partial charge on any atom is -0.494 e. The van der Waals surface area contributed by atoms with Gasteiger partial charge < -0.3 is 14.6 Å². The fourth-order valence-electron chi connectivity index (χ4n) is 1.35. The molecule has 106 valence electrons. The maximum absolute atomic E-state index is 12.6. The average Bonchev–Trinajstić information content (AvgIpc) is 2.27. The second kappa shape index (κ2) is 6.31. The molecule has 0 saturated heterocycles. The summed E-state index contributed by atoms with van der Waals surface area (Å²) in [4.78, 5) is 10.4. The summed E-state index contributed by atoms with van der Waals surface area (Å²) in [6, 6.07) is 5.62. The van der Waals surface area contributed by atoms with Crippen molar-refractivity contribution in [1.29, 1.82) is 0 Å². The predicted molar refractivity (Wildman–Crippen MR) is 60.3 cm³/mol. The lowest BCUT2D eigenvalue weighted by molar-refractivity contribution is -0.200. The van der Waals surface area contributed by atoms with E-state index in [9.17, 15) is 18.0 Å². The molecule has 1 aromatic carbocycles. The number of alkyl halides is 3. The van der Waals surface area contributed by atoms with Gasteiger partial charge in [0.1, 0.15) is 11.5 Å². The van der Waals surface area contributed by atoms with Crippen LogP contribution in [-0.2, 0) is 4.79 Å². The van der Waals surface area contributed by atoms with Crippen LogP contribution in [0.15, 0.2) is 24.3 Å². The lowest BCUT2D eigenvalue weighted by Gasteiger charge is -2.20. The molecular formula is C12H13F3O4. The quantitative estimate of drug-likeness (QED) is 0.869. The smallest absolute Gasteiger partial charge is 0.425 e. The lowest BCUT2D eigenvalue weighted by Crippen LogP contribution is -2.36. The zero-order chi connectivity index (χ0) is 14.5. The highest BCUT2D eigenvalue weighted by Gasteiger charge is 2.43. The van der Waals surface area contributed by atoms with E-state index in [2.05, 4.69) is 0 Å². The third kappa shape index (κ3) is 5.07. The summed E-state index contributed by atoms with van der Waals surface area (Å²) in [5, 5.41) is 8.46. The molecule has 1 atom stereocenters. The standard InChI is InChI=1S/C12H13F3O4/c1-2-18-8-4-3-5-9(6-8)19-10(7-11(16)17)12(13,14)15/h3-6,10H,2,7H2,1H3,(H,16,17). The molecular weight excluding hydrogens is 265 g/mol. The van der Waals surface area contributed by atoms with Gasteiger partial charge in [0.15, 0.2) is 0 Å². The Morgan fingerprint density at radius 1 is 1.37 bits per heavy atom. The summed E-state index contributed by atoms with van der Waals surface area (Å²) in [5.74, 6) is -1.31. The van der Waals surface area contributed by atoms with E-state index in [4.69, 9.17) is 14.6 Å². The largest absolute Gasteiger partial charge is 0.494 e. The number of carboxylic acid groups (broad SMARTS) is 1. The maximum Gasteiger partial charge on any atom is 0.425 e. The number of ether oxygens (including phenoxy) is 2. The summed E-state index contributed by atoms with van der Waals surface area (Å²) in [7, 11) is 0. The van der Waals surface area contributed by atoms with Crippen molar-refractivity contribution in [3.8, 4) is 11.5 Å². The van der Waals surface area contributed by atoms with Crippen molar-refractivity contribution in [2.45, 2.75) is 25.6 Å². The van der Waals surface area contributed by atoms with Crippen molar-refractivity contribution in [1.82, 2.24) is 0 Å². The number of hydrogen-bond acceptors (Lipinski definition) is 3. The fourth-order valence-corrected chi connectivity index (χ4v) is 1.35. The lowest BCUT2D eigenvalue weighted by atomic mass is 10.2. The Labute approximate surface area is 107 Å². The molecule has 0 aromatic heterocycles. The first kappa shape index (κ1) is 15.1. The molecule has 0 bridgehead atoms. The third-order valence-corrected chi connectivity index (χ3v) is 2.12. The Kier molecular flexibility index (Phi) is 5.02. The Hall–Kier alpha value is -1.92. The molecule has 4 nitrogen and oxygen atoms in total. The number of rotatable bonds is 6. The molecule has 0 saturated carbocycles. The van der Waals surface area contributed by atoms with Crippen molar-refractivity contribution in [2.75, 3.05) is 6.61 Å².